The summed E-state index contributed by atoms with van der Waals surface area (Å²) in [5.74, 6) is -0.0849. The summed E-state index contributed by atoms with van der Waals surface area (Å²) < 4.78 is 4.78. The summed E-state index contributed by atoms with van der Waals surface area (Å²) >= 11 is 0.536. The number of hydrogen-bond acceptors (Lipinski definition) is 5. The van der Waals surface area contributed by atoms with Gasteiger partial charge >= 0.3 is 5.97 Å². The number of benzene rings is 2. The van der Waals surface area contributed by atoms with Gasteiger partial charge in [0.25, 0.3) is 0 Å². The van der Waals surface area contributed by atoms with Crippen LogP contribution in [0.1, 0.15) is 78.7 Å². The highest BCUT2D eigenvalue weighted by Gasteiger charge is 2.44. The first-order valence-corrected chi connectivity index (χ1v) is 11.0. The number of nitrogens with two attached hydrogens (primary N) is 1. The minimum Gasteiger partial charge on any atom is -0.371 e. The van der Waals surface area contributed by atoms with Gasteiger partial charge < -0.3 is 9.50 Å². The van der Waals surface area contributed by atoms with E-state index in [-0.39, 0.29) is 23.3 Å². The van der Waals surface area contributed by atoms with Crippen LogP contribution in [0.15, 0.2) is 42.5 Å². The van der Waals surface area contributed by atoms with Crippen molar-refractivity contribution >= 4 is 24.1 Å². The van der Waals surface area contributed by atoms with Gasteiger partial charge in [-0.05, 0) is 59.9 Å². The van der Waals surface area contributed by atoms with Crippen LogP contribution in [0.4, 0.5) is 0 Å². The fourth-order valence-electron chi connectivity index (χ4n) is 3.76. The van der Waals surface area contributed by atoms with Crippen LogP contribution in [0, 0.1) is 12.8 Å². The SMILES string of the molecule is Cc1cc([C@@H](C)NC(=O)C2CC2c2ccc(C(C)(C)C)cc2)ccc1C(=O)OSN. The van der Waals surface area contributed by atoms with E-state index in [1.807, 2.05) is 26.0 Å². The second-order valence-corrected chi connectivity index (χ2v) is 9.45. The van der Waals surface area contributed by atoms with Gasteiger partial charge in [0, 0.05) is 5.92 Å². The molecule has 6 heteroatoms. The molecule has 5 nitrogen and oxygen atoms in total. The van der Waals surface area contributed by atoms with E-state index < -0.39 is 5.97 Å². The van der Waals surface area contributed by atoms with Gasteiger partial charge in [0.05, 0.1) is 11.6 Å². The molecule has 1 aliphatic rings. The van der Waals surface area contributed by atoms with E-state index in [4.69, 9.17) is 9.32 Å². The van der Waals surface area contributed by atoms with Crippen LogP contribution in [0.5, 0.6) is 0 Å². The van der Waals surface area contributed by atoms with Crippen molar-refractivity contribution in [2.45, 2.75) is 58.4 Å². The normalized spacial score (nSPS) is 19.1. The Morgan fingerprint density at radius 1 is 1.17 bits per heavy atom. The van der Waals surface area contributed by atoms with Crippen molar-refractivity contribution < 1.29 is 13.8 Å². The first-order chi connectivity index (χ1) is 14.1. The van der Waals surface area contributed by atoms with Crippen LogP contribution in [-0.4, -0.2) is 11.9 Å². The number of hydrogen-bond donors (Lipinski definition) is 2. The lowest BCUT2D eigenvalue weighted by molar-refractivity contribution is -0.123. The molecule has 3 atom stereocenters. The monoisotopic (exact) mass is 426 g/mol. The van der Waals surface area contributed by atoms with Gasteiger partial charge in [-0.2, -0.15) is 0 Å². The van der Waals surface area contributed by atoms with Gasteiger partial charge in [0.1, 0.15) is 12.2 Å². The average molecular weight is 427 g/mol. The van der Waals surface area contributed by atoms with Gasteiger partial charge in [-0.3, -0.25) is 4.79 Å². The van der Waals surface area contributed by atoms with Crippen LogP contribution < -0.4 is 10.5 Å². The van der Waals surface area contributed by atoms with Gasteiger partial charge in [-0.25, -0.2) is 9.93 Å². The first kappa shape index (κ1) is 22.4. The zero-order valence-corrected chi connectivity index (χ0v) is 19.0. The topological polar surface area (TPSA) is 81.4 Å². The number of rotatable bonds is 6. The zero-order chi connectivity index (χ0) is 22.1. The Bertz CT molecular complexity index is 934. The highest BCUT2D eigenvalue weighted by molar-refractivity contribution is 7.92. The number of nitrogens with one attached hydrogen (secondary N) is 1. The lowest BCUT2D eigenvalue weighted by Gasteiger charge is -2.19. The zero-order valence-electron chi connectivity index (χ0n) is 18.2. The summed E-state index contributed by atoms with van der Waals surface area (Å²) in [6.07, 6.45) is 0.883. The fraction of sp³-hybridized carbons (Fsp3) is 0.417. The van der Waals surface area contributed by atoms with Crippen molar-refractivity contribution in [1.82, 2.24) is 5.32 Å². The molecule has 1 amide bonds. The van der Waals surface area contributed by atoms with E-state index in [0.29, 0.717) is 23.7 Å². The molecule has 0 bridgehead atoms. The maximum atomic E-state index is 12.7. The predicted octanol–water partition coefficient (Wildman–Crippen LogP) is 4.95. The van der Waals surface area contributed by atoms with E-state index in [9.17, 15) is 9.59 Å². The van der Waals surface area contributed by atoms with Crippen LogP contribution in [0.2, 0.25) is 0 Å². The molecule has 0 radical (unpaired) electrons. The summed E-state index contributed by atoms with van der Waals surface area (Å²) in [4.78, 5) is 24.6. The maximum absolute atomic E-state index is 12.7. The molecule has 0 heterocycles. The number of carbonyl (C=O) groups is 2. The molecule has 0 spiro atoms. The minimum atomic E-state index is -0.471. The average Bonchev–Trinajstić information content (AvgIpc) is 3.48. The highest BCUT2D eigenvalue weighted by Crippen LogP contribution is 2.48. The Morgan fingerprint density at radius 3 is 2.40 bits per heavy atom. The largest absolute Gasteiger partial charge is 0.371 e. The third-order valence-electron chi connectivity index (χ3n) is 5.79. The smallest absolute Gasteiger partial charge is 0.351 e. The number of carbonyl (C=O) groups excluding carboxylic acids is 2. The molecule has 1 saturated carbocycles. The van der Waals surface area contributed by atoms with E-state index in [2.05, 4.69) is 50.4 Å². The van der Waals surface area contributed by atoms with E-state index in [1.165, 1.54) is 11.1 Å². The van der Waals surface area contributed by atoms with Crippen molar-refractivity contribution in [3.63, 3.8) is 0 Å². The second kappa shape index (κ2) is 8.82. The van der Waals surface area contributed by atoms with Crippen molar-refractivity contribution in [2.24, 2.45) is 11.1 Å². The molecule has 1 aliphatic carbocycles. The van der Waals surface area contributed by atoms with Crippen molar-refractivity contribution in [3.8, 4) is 0 Å². The van der Waals surface area contributed by atoms with E-state index in [1.54, 1.807) is 6.07 Å². The fourth-order valence-corrected chi connectivity index (χ4v) is 3.94. The molecule has 3 N–H and O–H groups in total. The van der Waals surface area contributed by atoms with E-state index in [0.717, 1.165) is 17.5 Å². The Hall–Kier alpha value is -2.31. The number of amides is 1. The summed E-state index contributed by atoms with van der Waals surface area (Å²) in [6.45, 7) is 10.4. The summed E-state index contributed by atoms with van der Waals surface area (Å²) in [5, 5.41) is 8.30. The van der Waals surface area contributed by atoms with Gasteiger partial charge in [0.15, 0.2) is 0 Å². The Labute approximate surface area is 183 Å². The minimum absolute atomic E-state index is 0.0184. The van der Waals surface area contributed by atoms with Crippen molar-refractivity contribution in [1.29, 1.82) is 0 Å². The first-order valence-electron chi connectivity index (χ1n) is 10.2. The van der Waals surface area contributed by atoms with Crippen LogP contribution in [-0.2, 0) is 14.4 Å². The predicted molar refractivity (Wildman–Crippen MR) is 121 cm³/mol. The Balaban J connectivity index is 1.60. The molecule has 160 valence electrons. The molecule has 0 aliphatic heterocycles. The van der Waals surface area contributed by atoms with Crippen molar-refractivity contribution in [3.05, 3.63) is 70.3 Å². The Morgan fingerprint density at radius 2 is 1.83 bits per heavy atom. The summed E-state index contributed by atoms with van der Waals surface area (Å²) in [5.41, 5.74) is 4.86. The van der Waals surface area contributed by atoms with E-state index >= 15 is 0 Å². The number of aryl methyl sites for hydroxylation is 1. The molecule has 2 aromatic rings. The maximum Gasteiger partial charge on any atom is 0.351 e. The molecule has 1 fully saturated rings. The third-order valence-corrected chi connectivity index (χ3v) is 6.03. The molecule has 0 aromatic heterocycles. The lowest BCUT2D eigenvalue weighted by Crippen LogP contribution is -2.28. The van der Waals surface area contributed by atoms with Gasteiger partial charge in [-0.15, -0.1) is 0 Å². The molecule has 30 heavy (non-hydrogen) atoms. The van der Waals surface area contributed by atoms with Crippen LogP contribution in [0.3, 0.4) is 0 Å². The Kier molecular flexibility index (Phi) is 6.58. The molecule has 3 rings (SSSR count). The van der Waals surface area contributed by atoms with Gasteiger partial charge in [0.2, 0.25) is 5.91 Å². The standard InChI is InChI=1S/C24H30N2O3S/c1-14-12-17(8-11-19(14)23(28)29-30-25)15(2)26-22(27)21-13-20(21)16-6-9-18(10-7-16)24(3,4)5/h6-12,15,20-21H,13,25H2,1-5H3,(H,26,27)/t15-,20?,21?/m1/s1. The molecular formula is C24H30N2O3S. The van der Waals surface area contributed by atoms with Gasteiger partial charge in [-0.1, -0.05) is 57.2 Å². The molecular weight excluding hydrogens is 396 g/mol. The summed E-state index contributed by atoms with van der Waals surface area (Å²) in [6, 6.07) is 14.0. The molecule has 0 saturated heterocycles. The quantitative estimate of drug-likeness (QED) is 0.504. The highest BCUT2D eigenvalue weighted by atomic mass is 32.2. The molecule has 2 aromatic carbocycles. The summed E-state index contributed by atoms with van der Waals surface area (Å²) in [7, 11) is 0. The molecule has 2 unspecified atom stereocenters. The van der Waals surface area contributed by atoms with Crippen LogP contribution in [0.25, 0.3) is 0 Å². The second-order valence-electron chi connectivity index (χ2n) is 9.09. The van der Waals surface area contributed by atoms with Crippen LogP contribution >= 0.6 is 12.2 Å². The van der Waals surface area contributed by atoms with Crippen molar-refractivity contribution in [2.75, 3.05) is 0 Å². The third kappa shape index (κ3) is 5.05. The lowest BCUT2D eigenvalue weighted by atomic mass is 9.86.